The molecule has 1 aliphatic heterocycles. The lowest BCUT2D eigenvalue weighted by molar-refractivity contribution is -0.119. The summed E-state index contributed by atoms with van der Waals surface area (Å²) in [6.07, 6.45) is 0.961. The van der Waals surface area contributed by atoms with Gasteiger partial charge in [-0.05, 0) is 61.4 Å². The van der Waals surface area contributed by atoms with Crippen molar-refractivity contribution in [3.63, 3.8) is 0 Å². The Labute approximate surface area is 190 Å². The second kappa shape index (κ2) is 8.42. The molecule has 1 saturated heterocycles. The first-order valence-electron chi connectivity index (χ1n) is 10.6. The lowest BCUT2D eigenvalue weighted by atomic mass is 10.1. The molecule has 5 rings (SSSR count). The van der Waals surface area contributed by atoms with Crippen molar-refractivity contribution in [3.05, 3.63) is 78.6 Å². The van der Waals surface area contributed by atoms with Gasteiger partial charge in [-0.3, -0.25) is 4.79 Å². The molecule has 1 amide bonds. The lowest BCUT2D eigenvalue weighted by Gasteiger charge is -2.23. The van der Waals surface area contributed by atoms with Crippen molar-refractivity contribution in [2.24, 2.45) is 0 Å². The number of nitrogens with one attached hydrogen (secondary N) is 2. The minimum absolute atomic E-state index is 0.0359. The molecule has 1 aliphatic rings. The van der Waals surface area contributed by atoms with Crippen molar-refractivity contribution in [2.45, 2.75) is 23.8 Å². The highest BCUT2D eigenvalue weighted by Gasteiger charge is 2.39. The molecule has 1 fully saturated rings. The number of hydrogen-bond donors (Lipinski definition) is 2. The van der Waals surface area contributed by atoms with E-state index in [1.165, 1.54) is 16.4 Å². The fraction of sp³-hybridized carbons (Fsp3) is 0.167. The molecule has 4 aromatic rings. The van der Waals surface area contributed by atoms with Gasteiger partial charge < -0.3 is 10.3 Å². The SMILES string of the molecule is O=C(Nc1ccccc1-c1nc2ccccc2[nH]1)[C@@H]1CCCN1S(=O)(=O)c1ccc(F)cc1. The van der Waals surface area contributed by atoms with Gasteiger partial charge in [-0.2, -0.15) is 4.31 Å². The first kappa shape index (κ1) is 21.3. The average molecular weight is 465 g/mol. The molecule has 33 heavy (non-hydrogen) atoms. The molecule has 3 aromatic carbocycles. The van der Waals surface area contributed by atoms with E-state index in [1.54, 1.807) is 12.1 Å². The number of anilines is 1. The van der Waals surface area contributed by atoms with Gasteiger partial charge in [0.15, 0.2) is 0 Å². The normalized spacial score (nSPS) is 16.8. The van der Waals surface area contributed by atoms with Crippen molar-refractivity contribution in [1.82, 2.24) is 14.3 Å². The zero-order chi connectivity index (χ0) is 23.0. The van der Waals surface area contributed by atoms with Crippen LogP contribution in [-0.2, 0) is 14.8 Å². The van der Waals surface area contributed by atoms with E-state index < -0.39 is 27.8 Å². The maximum atomic E-state index is 13.3. The number of halogens is 1. The van der Waals surface area contributed by atoms with Gasteiger partial charge in [0, 0.05) is 12.1 Å². The van der Waals surface area contributed by atoms with E-state index in [4.69, 9.17) is 0 Å². The number of carbonyl (C=O) groups is 1. The Morgan fingerprint density at radius 1 is 1.03 bits per heavy atom. The molecule has 7 nitrogen and oxygen atoms in total. The third kappa shape index (κ3) is 4.01. The van der Waals surface area contributed by atoms with Gasteiger partial charge in [0.1, 0.15) is 17.7 Å². The Balaban J connectivity index is 1.42. The summed E-state index contributed by atoms with van der Waals surface area (Å²) in [4.78, 5) is 21.0. The average Bonchev–Trinajstić information content (AvgIpc) is 3.47. The molecule has 1 aromatic heterocycles. The van der Waals surface area contributed by atoms with E-state index in [0.29, 0.717) is 29.9 Å². The number of hydrogen-bond acceptors (Lipinski definition) is 4. The molecular weight excluding hydrogens is 443 g/mol. The van der Waals surface area contributed by atoms with E-state index >= 15 is 0 Å². The van der Waals surface area contributed by atoms with Crippen LogP contribution < -0.4 is 5.32 Å². The molecular formula is C24H21FN4O3S. The minimum atomic E-state index is -3.93. The highest BCUT2D eigenvalue weighted by atomic mass is 32.2. The Bertz CT molecular complexity index is 1400. The van der Waals surface area contributed by atoms with E-state index in [2.05, 4.69) is 15.3 Å². The van der Waals surface area contributed by atoms with E-state index in [-0.39, 0.29) is 11.4 Å². The van der Waals surface area contributed by atoms with Gasteiger partial charge in [0.05, 0.1) is 21.6 Å². The van der Waals surface area contributed by atoms with Crippen LogP contribution in [0.5, 0.6) is 0 Å². The van der Waals surface area contributed by atoms with Crippen molar-refractivity contribution in [1.29, 1.82) is 0 Å². The minimum Gasteiger partial charge on any atom is -0.338 e. The molecule has 9 heteroatoms. The van der Waals surface area contributed by atoms with Crippen molar-refractivity contribution in [3.8, 4) is 11.4 Å². The predicted molar refractivity (Wildman–Crippen MR) is 123 cm³/mol. The van der Waals surface area contributed by atoms with Crippen LogP contribution in [0.4, 0.5) is 10.1 Å². The Morgan fingerprint density at radius 3 is 2.55 bits per heavy atom. The molecule has 1 atom stereocenters. The number of aromatic nitrogens is 2. The summed E-state index contributed by atoms with van der Waals surface area (Å²) in [5, 5.41) is 2.89. The van der Waals surface area contributed by atoms with E-state index in [0.717, 1.165) is 23.2 Å². The van der Waals surface area contributed by atoms with Crippen LogP contribution in [0.25, 0.3) is 22.4 Å². The number of benzene rings is 3. The Kier molecular flexibility index (Phi) is 5.43. The molecule has 0 spiro atoms. The van der Waals surface area contributed by atoms with Crippen LogP contribution in [0.2, 0.25) is 0 Å². The van der Waals surface area contributed by atoms with Crippen LogP contribution in [-0.4, -0.2) is 41.2 Å². The number of imidazole rings is 1. The smallest absolute Gasteiger partial charge is 0.243 e. The predicted octanol–water partition coefficient (Wildman–Crippen LogP) is 4.16. The van der Waals surface area contributed by atoms with Gasteiger partial charge in [-0.25, -0.2) is 17.8 Å². The highest BCUT2D eigenvalue weighted by molar-refractivity contribution is 7.89. The second-order valence-corrected chi connectivity index (χ2v) is 9.76. The zero-order valence-corrected chi connectivity index (χ0v) is 18.3. The fourth-order valence-corrected chi connectivity index (χ4v) is 5.78. The van der Waals surface area contributed by atoms with Crippen molar-refractivity contribution < 1.29 is 17.6 Å². The molecule has 0 unspecified atom stereocenters. The third-order valence-electron chi connectivity index (χ3n) is 5.76. The number of aromatic amines is 1. The van der Waals surface area contributed by atoms with Crippen molar-refractivity contribution in [2.75, 3.05) is 11.9 Å². The fourth-order valence-electron chi connectivity index (χ4n) is 4.13. The van der Waals surface area contributed by atoms with Gasteiger partial charge in [-0.15, -0.1) is 0 Å². The number of amides is 1. The molecule has 168 valence electrons. The Morgan fingerprint density at radius 2 is 1.76 bits per heavy atom. The Hall–Kier alpha value is -3.56. The largest absolute Gasteiger partial charge is 0.338 e. The number of H-pyrrole nitrogens is 1. The lowest BCUT2D eigenvalue weighted by Crippen LogP contribution is -2.43. The number of sulfonamides is 1. The van der Waals surface area contributed by atoms with Gasteiger partial charge in [0.2, 0.25) is 15.9 Å². The summed E-state index contributed by atoms with van der Waals surface area (Å²) >= 11 is 0. The van der Waals surface area contributed by atoms with Crippen LogP contribution in [0.1, 0.15) is 12.8 Å². The summed E-state index contributed by atoms with van der Waals surface area (Å²) in [6, 6.07) is 18.6. The van der Waals surface area contributed by atoms with E-state index in [1.807, 2.05) is 36.4 Å². The molecule has 0 aliphatic carbocycles. The quantitative estimate of drug-likeness (QED) is 0.464. The standard InChI is InChI=1S/C24H21FN4O3S/c25-16-11-13-17(14-12-16)33(31,32)29-15-5-10-22(29)24(30)28-19-7-2-1-6-18(19)23-26-20-8-3-4-9-21(20)27-23/h1-4,6-9,11-14,22H,5,10,15H2,(H,26,27)(H,28,30)/t22-/m0/s1. The molecule has 0 radical (unpaired) electrons. The number of fused-ring (bicyclic) bond motifs is 1. The summed E-state index contributed by atoms with van der Waals surface area (Å²) in [6.45, 7) is 0.225. The maximum absolute atomic E-state index is 13.3. The zero-order valence-electron chi connectivity index (χ0n) is 17.5. The maximum Gasteiger partial charge on any atom is 0.243 e. The van der Waals surface area contributed by atoms with Gasteiger partial charge in [-0.1, -0.05) is 24.3 Å². The molecule has 0 saturated carbocycles. The molecule has 2 heterocycles. The second-order valence-electron chi connectivity index (χ2n) is 7.87. The summed E-state index contributed by atoms with van der Waals surface area (Å²) in [5.41, 5.74) is 2.92. The van der Waals surface area contributed by atoms with Gasteiger partial charge in [0.25, 0.3) is 0 Å². The van der Waals surface area contributed by atoms with E-state index in [9.17, 15) is 17.6 Å². The summed E-state index contributed by atoms with van der Waals surface area (Å²) < 4.78 is 40.7. The number of para-hydroxylation sites is 3. The monoisotopic (exact) mass is 464 g/mol. The summed E-state index contributed by atoms with van der Waals surface area (Å²) in [5.74, 6) is -0.331. The van der Waals surface area contributed by atoms with Crippen LogP contribution >= 0.6 is 0 Å². The first-order valence-corrected chi connectivity index (χ1v) is 12.0. The van der Waals surface area contributed by atoms with Crippen molar-refractivity contribution >= 4 is 32.7 Å². The first-order chi connectivity index (χ1) is 15.9. The number of rotatable bonds is 5. The molecule has 2 N–H and O–H groups in total. The van der Waals surface area contributed by atoms with Crippen LogP contribution in [0, 0.1) is 5.82 Å². The van der Waals surface area contributed by atoms with Crippen LogP contribution in [0.3, 0.4) is 0 Å². The number of carbonyl (C=O) groups excluding carboxylic acids is 1. The topological polar surface area (TPSA) is 95.2 Å². The highest BCUT2D eigenvalue weighted by Crippen LogP contribution is 2.30. The summed E-state index contributed by atoms with van der Waals surface area (Å²) in [7, 11) is -3.93. The van der Waals surface area contributed by atoms with Crippen LogP contribution in [0.15, 0.2) is 77.7 Å². The third-order valence-corrected chi connectivity index (χ3v) is 7.68. The number of nitrogens with zero attached hydrogens (tertiary/aromatic N) is 2. The molecule has 0 bridgehead atoms. The van der Waals surface area contributed by atoms with Gasteiger partial charge >= 0.3 is 0 Å².